The summed E-state index contributed by atoms with van der Waals surface area (Å²) < 4.78 is 37.3. The molecule has 0 fully saturated rings. The molecule has 0 saturated carbocycles. The number of hydrogen-bond acceptors (Lipinski definition) is 1. The van der Waals surface area contributed by atoms with Gasteiger partial charge >= 0.3 is 6.18 Å². The molecule has 0 amide bonds. The van der Waals surface area contributed by atoms with Gasteiger partial charge in [0.25, 0.3) is 0 Å². The van der Waals surface area contributed by atoms with Crippen molar-refractivity contribution in [2.75, 3.05) is 19.6 Å². The summed E-state index contributed by atoms with van der Waals surface area (Å²) in [5.41, 5.74) is 0. The second-order valence-electron chi connectivity index (χ2n) is 4.20. The van der Waals surface area contributed by atoms with Crippen LogP contribution in [0.5, 0.6) is 0 Å². The Hall–Kier alpha value is -0.250. The van der Waals surface area contributed by atoms with Crippen LogP contribution in [0.4, 0.5) is 13.2 Å². The molecule has 1 nitrogen and oxygen atoms in total. The molecular weight excluding hydrogens is 203 g/mol. The molecule has 2 atom stereocenters. The van der Waals surface area contributed by atoms with Gasteiger partial charge in [-0.15, -0.1) is 0 Å². The maximum Gasteiger partial charge on any atom is 0.391 e. The summed E-state index contributed by atoms with van der Waals surface area (Å²) in [5.74, 6) is -1.56. The smallest absolute Gasteiger partial charge is 0.303 e. The number of nitrogens with zero attached hydrogens (tertiary/aromatic N) is 1. The summed E-state index contributed by atoms with van der Waals surface area (Å²) in [6.07, 6.45) is -3.08. The van der Waals surface area contributed by atoms with E-state index in [0.29, 0.717) is 6.54 Å². The third-order valence-corrected chi connectivity index (χ3v) is 2.90. The highest BCUT2D eigenvalue weighted by atomic mass is 19.4. The van der Waals surface area contributed by atoms with Gasteiger partial charge in [-0.25, -0.2) is 0 Å². The molecule has 0 aliphatic rings. The molecule has 0 aliphatic heterocycles. The lowest BCUT2D eigenvalue weighted by Gasteiger charge is -2.28. The van der Waals surface area contributed by atoms with Crippen molar-refractivity contribution in [1.82, 2.24) is 4.90 Å². The van der Waals surface area contributed by atoms with Crippen LogP contribution in [0.15, 0.2) is 0 Å². The van der Waals surface area contributed by atoms with Crippen molar-refractivity contribution >= 4 is 0 Å². The van der Waals surface area contributed by atoms with E-state index in [1.54, 1.807) is 6.92 Å². The van der Waals surface area contributed by atoms with Crippen molar-refractivity contribution < 1.29 is 13.2 Å². The Morgan fingerprint density at radius 3 is 2.00 bits per heavy atom. The van der Waals surface area contributed by atoms with Gasteiger partial charge in [0.15, 0.2) is 0 Å². The fourth-order valence-corrected chi connectivity index (χ4v) is 1.58. The molecule has 0 bridgehead atoms. The van der Waals surface area contributed by atoms with E-state index in [9.17, 15) is 13.2 Å². The van der Waals surface area contributed by atoms with Crippen LogP contribution in [0.2, 0.25) is 0 Å². The lowest BCUT2D eigenvalue weighted by Crippen LogP contribution is -2.36. The second-order valence-corrected chi connectivity index (χ2v) is 4.20. The minimum Gasteiger partial charge on any atom is -0.303 e. The lowest BCUT2D eigenvalue weighted by molar-refractivity contribution is -0.183. The maximum atomic E-state index is 12.4. The highest BCUT2D eigenvalue weighted by Crippen LogP contribution is 2.31. The molecule has 15 heavy (non-hydrogen) atoms. The lowest BCUT2D eigenvalue weighted by atomic mass is 9.95. The predicted octanol–water partition coefficient (Wildman–Crippen LogP) is 3.55. The number of rotatable bonds is 6. The molecule has 0 aromatic heterocycles. The van der Waals surface area contributed by atoms with E-state index in [2.05, 4.69) is 4.90 Å². The molecule has 0 aromatic rings. The summed E-state index contributed by atoms with van der Waals surface area (Å²) in [6.45, 7) is 9.21. The van der Waals surface area contributed by atoms with Crippen molar-refractivity contribution in [1.29, 1.82) is 0 Å². The van der Waals surface area contributed by atoms with E-state index in [0.717, 1.165) is 19.5 Å². The average molecular weight is 225 g/mol. The first-order valence-electron chi connectivity index (χ1n) is 5.61. The minimum absolute atomic E-state index is 0.337. The molecule has 0 saturated heterocycles. The molecule has 0 heterocycles. The van der Waals surface area contributed by atoms with Crippen LogP contribution in [-0.2, 0) is 0 Å². The van der Waals surface area contributed by atoms with Gasteiger partial charge in [-0.05, 0) is 25.4 Å². The molecule has 2 unspecified atom stereocenters. The SMILES string of the molecule is CCCN(CC)CC(C)C(C)C(F)(F)F. The summed E-state index contributed by atoms with van der Waals surface area (Å²) >= 11 is 0. The second kappa shape index (κ2) is 6.36. The zero-order chi connectivity index (χ0) is 12.1. The van der Waals surface area contributed by atoms with Crippen molar-refractivity contribution in [2.45, 2.75) is 40.3 Å². The molecule has 0 spiro atoms. The largest absolute Gasteiger partial charge is 0.391 e. The van der Waals surface area contributed by atoms with Gasteiger partial charge in [-0.3, -0.25) is 0 Å². The van der Waals surface area contributed by atoms with E-state index in [4.69, 9.17) is 0 Å². The number of halogens is 3. The first-order chi connectivity index (χ1) is 6.82. The molecule has 0 rings (SSSR count). The Kier molecular flexibility index (Phi) is 6.25. The van der Waals surface area contributed by atoms with E-state index in [-0.39, 0.29) is 5.92 Å². The molecule has 0 N–H and O–H groups in total. The van der Waals surface area contributed by atoms with Crippen LogP contribution in [0.1, 0.15) is 34.1 Å². The van der Waals surface area contributed by atoms with Gasteiger partial charge in [-0.1, -0.05) is 27.7 Å². The van der Waals surface area contributed by atoms with Crippen LogP contribution in [0.25, 0.3) is 0 Å². The fraction of sp³-hybridized carbons (Fsp3) is 1.00. The first kappa shape index (κ1) is 14.8. The Morgan fingerprint density at radius 2 is 1.67 bits per heavy atom. The van der Waals surface area contributed by atoms with Crippen LogP contribution < -0.4 is 0 Å². The van der Waals surface area contributed by atoms with E-state index >= 15 is 0 Å². The van der Waals surface area contributed by atoms with Gasteiger partial charge < -0.3 is 4.90 Å². The van der Waals surface area contributed by atoms with Crippen LogP contribution in [0.3, 0.4) is 0 Å². The third kappa shape index (κ3) is 5.40. The summed E-state index contributed by atoms with van der Waals surface area (Å²) in [5, 5.41) is 0. The Balaban J connectivity index is 4.15. The van der Waals surface area contributed by atoms with E-state index < -0.39 is 12.1 Å². The quantitative estimate of drug-likeness (QED) is 0.668. The van der Waals surface area contributed by atoms with Gasteiger partial charge in [0.1, 0.15) is 0 Å². The zero-order valence-electron chi connectivity index (χ0n) is 10.1. The monoisotopic (exact) mass is 225 g/mol. The Morgan fingerprint density at radius 1 is 1.13 bits per heavy atom. The first-order valence-corrected chi connectivity index (χ1v) is 5.61. The van der Waals surface area contributed by atoms with Crippen LogP contribution >= 0.6 is 0 Å². The number of hydrogen-bond donors (Lipinski definition) is 0. The summed E-state index contributed by atoms with van der Waals surface area (Å²) in [7, 11) is 0. The molecule has 0 aliphatic carbocycles. The summed E-state index contributed by atoms with van der Waals surface area (Å²) in [4.78, 5) is 2.08. The van der Waals surface area contributed by atoms with Gasteiger partial charge in [0.2, 0.25) is 0 Å². The molecular formula is C11H22F3N. The average Bonchev–Trinajstić information content (AvgIpc) is 2.14. The summed E-state index contributed by atoms with van der Waals surface area (Å²) in [6, 6.07) is 0. The molecule has 0 aromatic carbocycles. The maximum absolute atomic E-state index is 12.4. The highest BCUT2D eigenvalue weighted by Gasteiger charge is 2.39. The van der Waals surface area contributed by atoms with Crippen molar-refractivity contribution in [3.8, 4) is 0 Å². The van der Waals surface area contributed by atoms with Gasteiger partial charge in [0, 0.05) is 6.54 Å². The highest BCUT2D eigenvalue weighted by molar-refractivity contribution is 4.72. The van der Waals surface area contributed by atoms with Crippen molar-refractivity contribution in [3.05, 3.63) is 0 Å². The van der Waals surface area contributed by atoms with Gasteiger partial charge in [-0.2, -0.15) is 13.2 Å². The zero-order valence-corrected chi connectivity index (χ0v) is 10.1. The van der Waals surface area contributed by atoms with Crippen molar-refractivity contribution in [2.24, 2.45) is 11.8 Å². The molecule has 0 radical (unpaired) electrons. The Bertz CT molecular complexity index is 168. The third-order valence-electron chi connectivity index (χ3n) is 2.90. The van der Waals surface area contributed by atoms with Gasteiger partial charge in [0.05, 0.1) is 5.92 Å². The fourth-order valence-electron chi connectivity index (χ4n) is 1.58. The van der Waals surface area contributed by atoms with E-state index in [1.807, 2.05) is 13.8 Å². The predicted molar refractivity (Wildman–Crippen MR) is 56.8 cm³/mol. The Labute approximate surface area is 90.6 Å². The normalized spacial score (nSPS) is 16.8. The van der Waals surface area contributed by atoms with Crippen LogP contribution in [-0.4, -0.2) is 30.7 Å². The number of alkyl halides is 3. The minimum atomic E-state index is -4.06. The topological polar surface area (TPSA) is 3.24 Å². The standard InChI is InChI=1S/C11H22F3N/c1-5-7-15(6-2)8-9(3)10(4)11(12,13)14/h9-10H,5-8H2,1-4H3. The molecule has 4 heteroatoms. The van der Waals surface area contributed by atoms with Crippen LogP contribution in [0, 0.1) is 11.8 Å². The van der Waals surface area contributed by atoms with Crippen molar-refractivity contribution in [3.63, 3.8) is 0 Å². The molecule has 92 valence electrons. The van der Waals surface area contributed by atoms with E-state index in [1.165, 1.54) is 6.92 Å².